The zero-order valence-electron chi connectivity index (χ0n) is 26.1. The van der Waals surface area contributed by atoms with Crippen LogP contribution in [0.2, 0.25) is 18.1 Å². The fraction of sp³-hybridized carbons (Fsp3) is 0.452. The number of nitro benzene ring substituents is 1. The number of nitrogens with one attached hydrogen (secondary N) is 1. The van der Waals surface area contributed by atoms with Crippen molar-refractivity contribution < 1.29 is 33.6 Å². The van der Waals surface area contributed by atoms with Gasteiger partial charge in [-0.1, -0.05) is 62.9 Å². The molecule has 4 atom stereocenters. The quantitative estimate of drug-likeness (QED) is 0.106. The van der Waals surface area contributed by atoms with Crippen LogP contribution in [0.5, 0.6) is 0 Å². The van der Waals surface area contributed by atoms with E-state index in [1.807, 2.05) is 37.3 Å². The number of carbonyl (C=O) groups excluding carboxylic acids is 2. The molecule has 2 aliphatic heterocycles. The molecule has 11 nitrogen and oxygen atoms in total. The van der Waals surface area contributed by atoms with Crippen molar-refractivity contribution in [3.8, 4) is 0 Å². The van der Waals surface area contributed by atoms with E-state index in [1.165, 1.54) is 52.7 Å². The zero-order valence-corrected chi connectivity index (χ0v) is 28.8. The van der Waals surface area contributed by atoms with E-state index >= 15 is 0 Å². The maximum atomic E-state index is 13.3. The number of ether oxygens (including phenoxy) is 1. The number of β-lactam (4-membered cyclic amide) rings is 1. The van der Waals surface area contributed by atoms with Gasteiger partial charge in [0.15, 0.2) is 14.0 Å². The predicted octanol–water partition coefficient (Wildman–Crippen LogP) is 6.36. The van der Waals surface area contributed by atoms with Crippen LogP contribution in [0.25, 0.3) is 0 Å². The van der Waals surface area contributed by atoms with Gasteiger partial charge in [-0.3, -0.25) is 19.8 Å². The first kappa shape index (κ1) is 34.5. The van der Waals surface area contributed by atoms with Gasteiger partial charge in [0.2, 0.25) is 5.91 Å². The number of fused-ring (bicyclic) bond motifs is 1. The molecule has 4 rings (SSSR count). The minimum Gasteiger partial charge on any atom is -0.477 e. The molecule has 2 amide bonds. The van der Waals surface area contributed by atoms with E-state index in [0.717, 1.165) is 5.56 Å². The van der Waals surface area contributed by atoms with Crippen LogP contribution in [0.1, 0.15) is 38.8 Å². The number of carboxylic acids is 1. The summed E-state index contributed by atoms with van der Waals surface area (Å²) < 4.78 is 12.4. The molecule has 2 aromatic rings. The lowest BCUT2D eigenvalue weighted by Gasteiger charge is -2.48. The third kappa shape index (κ3) is 8.09. The molecule has 0 radical (unpaired) electrons. The number of aliphatic carboxylic acids is 1. The number of hydrogen-bond donors (Lipinski definition) is 2. The van der Waals surface area contributed by atoms with Crippen molar-refractivity contribution in [2.45, 2.75) is 76.4 Å². The Balaban J connectivity index is 1.43. The second kappa shape index (κ2) is 14.0. The Labute approximate surface area is 272 Å². The molecule has 0 bridgehead atoms. The number of thioether (sulfide) groups is 2. The van der Waals surface area contributed by atoms with Crippen LogP contribution in [-0.2, 0) is 31.8 Å². The number of nitro groups is 1. The third-order valence-corrected chi connectivity index (χ3v) is 15.7. The number of carboxylic acid groups (broad SMARTS) is 1. The highest BCUT2D eigenvalue weighted by Gasteiger charge is 2.59. The highest BCUT2D eigenvalue weighted by Crippen LogP contribution is 2.54. The summed E-state index contributed by atoms with van der Waals surface area (Å²) in [6, 6.07) is 14.9. The lowest BCUT2D eigenvalue weighted by atomic mass is 9.92. The number of carbonyl (C=O) groups is 3. The summed E-state index contributed by atoms with van der Waals surface area (Å²) >= 11 is 2.65. The van der Waals surface area contributed by atoms with E-state index in [1.54, 1.807) is 0 Å². The maximum absolute atomic E-state index is 13.3. The highest BCUT2D eigenvalue weighted by atomic mass is 32.2. The second-order valence-electron chi connectivity index (χ2n) is 12.6. The van der Waals surface area contributed by atoms with E-state index in [2.05, 4.69) is 39.2 Å². The molecule has 14 heteroatoms. The summed E-state index contributed by atoms with van der Waals surface area (Å²) in [5.41, 5.74) is 1.48. The Bertz CT molecular complexity index is 1460. The van der Waals surface area contributed by atoms with Crippen molar-refractivity contribution in [1.82, 2.24) is 10.2 Å². The average molecular weight is 674 g/mol. The van der Waals surface area contributed by atoms with Gasteiger partial charge in [0.1, 0.15) is 12.0 Å². The molecule has 1 unspecified atom stereocenters. The average Bonchev–Trinajstić information content (AvgIpc) is 3.29. The van der Waals surface area contributed by atoms with Crippen LogP contribution < -0.4 is 5.32 Å². The summed E-state index contributed by atoms with van der Waals surface area (Å²) in [6.45, 7) is 12.5. The van der Waals surface area contributed by atoms with E-state index in [-0.39, 0.29) is 40.4 Å². The van der Waals surface area contributed by atoms with Gasteiger partial charge < -0.3 is 19.6 Å². The van der Waals surface area contributed by atoms with Crippen molar-refractivity contribution in [2.75, 3.05) is 5.75 Å². The molecule has 242 valence electrons. The minimum absolute atomic E-state index is 0.0324. The molecular formula is C31H39N3O8S2Si. The van der Waals surface area contributed by atoms with E-state index in [4.69, 9.17) is 9.16 Å². The van der Waals surface area contributed by atoms with Gasteiger partial charge in [-0.05, 0) is 54.7 Å². The topological polar surface area (TPSA) is 148 Å². The van der Waals surface area contributed by atoms with Crippen molar-refractivity contribution in [2.24, 2.45) is 5.92 Å². The SMILES string of the molecule is C[C@H](O[Si](C)(C)C(C)(C)C)[C@@H]1C(=O)N2C(C(=O)O)=C(SCC(Cc3ccccc3)NC(=O)OCc3ccc([N+](=O)[O-])cc3)S[C@H]12. The molecule has 0 aromatic heterocycles. The Morgan fingerprint density at radius 2 is 1.78 bits per heavy atom. The molecule has 0 saturated carbocycles. The van der Waals surface area contributed by atoms with Crippen molar-refractivity contribution in [1.29, 1.82) is 0 Å². The third-order valence-electron chi connectivity index (χ3n) is 8.32. The van der Waals surface area contributed by atoms with Gasteiger partial charge in [0.05, 0.1) is 21.2 Å². The van der Waals surface area contributed by atoms with Crippen LogP contribution in [0.4, 0.5) is 10.5 Å². The monoisotopic (exact) mass is 673 g/mol. The molecular weight excluding hydrogens is 635 g/mol. The van der Waals surface area contributed by atoms with Crippen LogP contribution in [-0.4, -0.2) is 64.5 Å². The van der Waals surface area contributed by atoms with Crippen molar-refractivity contribution in [3.63, 3.8) is 0 Å². The number of rotatable bonds is 13. The summed E-state index contributed by atoms with van der Waals surface area (Å²) in [6.07, 6.45) is -0.561. The fourth-order valence-electron chi connectivity index (χ4n) is 4.85. The van der Waals surface area contributed by atoms with Gasteiger partial charge in [-0.2, -0.15) is 0 Å². The van der Waals surface area contributed by atoms with Gasteiger partial charge >= 0.3 is 12.1 Å². The number of hydrogen-bond acceptors (Lipinski definition) is 9. The molecule has 0 aliphatic carbocycles. The first-order chi connectivity index (χ1) is 21.1. The first-order valence-corrected chi connectivity index (χ1v) is 19.3. The first-order valence-electron chi connectivity index (χ1n) is 14.6. The number of non-ortho nitro benzene ring substituents is 1. The summed E-state index contributed by atoms with van der Waals surface area (Å²) in [4.78, 5) is 50.2. The molecule has 2 N–H and O–H groups in total. The van der Waals surface area contributed by atoms with Gasteiger partial charge in [0.25, 0.3) is 5.69 Å². The Morgan fingerprint density at radius 1 is 1.13 bits per heavy atom. The van der Waals surface area contributed by atoms with Gasteiger partial charge in [-0.15, -0.1) is 11.8 Å². The highest BCUT2D eigenvalue weighted by molar-refractivity contribution is 8.22. The number of benzene rings is 2. The van der Waals surface area contributed by atoms with E-state index in [9.17, 15) is 29.6 Å². The smallest absolute Gasteiger partial charge is 0.407 e. The number of nitrogens with zero attached hydrogens (tertiary/aromatic N) is 2. The summed E-state index contributed by atoms with van der Waals surface area (Å²) in [5.74, 6) is -1.55. The molecule has 0 spiro atoms. The van der Waals surface area contributed by atoms with Crippen molar-refractivity contribution >= 4 is 55.5 Å². The van der Waals surface area contributed by atoms with Crippen molar-refractivity contribution in [3.05, 3.63) is 85.8 Å². The van der Waals surface area contributed by atoms with Crippen LogP contribution in [0.15, 0.2) is 64.5 Å². The molecule has 1 fully saturated rings. The molecule has 2 aromatic carbocycles. The molecule has 45 heavy (non-hydrogen) atoms. The van der Waals surface area contributed by atoms with E-state index < -0.39 is 37.3 Å². The largest absolute Gasteiger partial charge is 0.477 e. The Kier molecular flexibility index (Phi) is 10.7. The summed E-state index contributed by atoms with van der Waals surface area (Å²) in [7, 11) is -2.16. The Morgan fingerprint density at radius 3 is 2.36 bits per heavy atom. The molecule has 2 aliphatic rings. The predicted molar refractivity (Wildman–Crippen MR) is 177 cm³/mol. The molecule has 2 heterocycles. The second-order valence-corrected chi connectivity index (χ2v) is 19.8. The normalized spacial score (nSPS) is 19.4. The maximum Gasteiger partial charge on any atom is 0.407 e. The summed E-state index contributed by atoms with van der Waals surface area (Å²) in [5, 5.41) is 23.5. The van der Waals surface area contributed by atoms with Gasteiger partial charge in [0, 0.05) is 23.9 Å². The zero-order chi connectivity index (χ0) is 33.1. The van der Waals surface area contributed by atoms with E-state index in [0.29, 0.717) is 22.0 Å². The molecule has 1 saturated heterocycles. The van der Waals surface area contributed by atoms with Crippen LogP contribution in [0.3, 0.4) is 0 Å². The van der Waals surface area contributed by atoms with Crippen LogP contribution in [0, 0.1) is 16.0 Å². The lowest BCUT2D eigenvalue weighted by Crippen LogP contribution is -2.62. The van der Waals surface area contributed by atoms with Crippen LogP contribution >= 0.6 is 23.5 Å². The van der Waals surface area contributed by atoms with Gasteiger partial charge in [-0.25, -0.2) is 9.59 Å². The lowest BCUT2D eigenvalue weighted by molar-refractivity contribution is -0.384. The number of amides is 2. The fourth-order valence-corrected chi connectivity index (χ4v) is 9.24. The number of alkyl carbamates (subject to hydrolysis) is 1. The Hall–Kier alpha value is -3.33. The minimum atomic E-state index is -2.16. The standard InChI is InChI=1S/C31H39N3O8S2Si/c1-19(42-45(5,6)31(2,3)4)24-26(35)33-25(28(36)37)29(44-27(24)33)43-18-22(16-20-10-8-7-9-11-20)32-30(38)41-17-21-12-14-23(15-13-21)34(39)40/h7-15,19,22,24,27H,16-18H2,1-6H3,(H,32,38)(H,36,37)/t19-,22?,24+,27+/m0/s1.